The van der Waals surface area contributed by atoms with E-state index in [1.54, 1.807) is 0 Å². The second-order valence-electron chi connectivity index (χ2n) is 8.24. The Balaban J connectivity index is 1.46. The predicted molar refractivity (Wildman–Crippen MR) is 137 cm³/mol. The van der Waals surface area contributed by atoms with Gasteiger partial charge in [-0.05, 0) is 55.9 Å². The lowest BCUT2D eigenvalue weighted by molar-refractivity contribution is 0.0951. The van der Waals surface area contributed by atoms with Crippen LogP contribution in [0.3, 0.4) is 0 Å². The van der Waals surface area contributed by atoms with Crippen molar-refractivity contribution in [3.63, 3.8) is 0 Å². The molecular weight excluding hydrogens is 488 g/mol. The van der Waals surface area contributed by atoms with E-state index in [2.05, 4.69) is 43.1 Å². The Labute approximate surface area is 202 Å². The SMILES string of the molecule is CN1CCN(CCCNC(=O)c2c(/C=C/c3ccc(Cl)cc3)[nH]c3cc(Br)ccc23)CC1. The molecule has 0 spiro atoms. The summed E-state index contributed by atoms with van der Waals surface area (Å²) in [4.78, 5) is 21.4. The molecule has 2 aromatic carbocycles. The molecule has 0 atom stereocenters. The van der Waals surface area contributed by atoms with Crippen molar-refractivity contribution in [1.82, 2.24) is 20.1 Å². The number of carbonyl (C=O) groups is 1. The van der Waals surface area contributed by atoms with E-state index in [0.29, 0.717) is 17.1 Å². The Bertz CT molecular complexity index is 1100. The number of H-pyrrole nitrogens is 1. The van der Waals surface area contributed by atoms with Crippen LogP contribution in [0.25, 0.3) is 23.1 Å². The van der Waals surface area contributed by atoms with Gasteiger partial charge < -0.3 is 20.1 Å². The van der Waals surface area contributed by atoms with Gasteiger partial charge >= 0.3 is 0 Å². The number of likely N-dealkylation sites (N-methyl/N-ethyl adjacent to an activating group) is 1. The molecule has 0 unspecified atom stereocenters. The quantitative estimate of drug-likeness (QED) is 0.429. The van der Waals surface area contributed by atoms with Crippen molar-refractivity contribution in [2.24, 2.45) is 0 Å². The number of nitrogens with one attached hydrogen (secondary N) is 2. The molecule has 168 valence electrons. The number of aromatic amines is 1. The molecule has 1 aliphatic heterocycles. The van der Waals surface area contributed by atoms with Crippen LogP contribution in [-0.2, 0) is 0 Å². The molecule has 0 saturated carbocycles. The van der Waals surface area contributed by atoms with Gasteiger partial charge in [-0.15, -0.1) is 0 Å². The smallest absolute Gasteiger partial charge is 0.254 e. The fraction of sp³-hybridized carbons (Fsp3) is 0.320. The zero-order chi connectivity index (χ0) is 22.5. The maximum Gasteiger partial charge on any atom is 0.254 e. The van der Waals surface area contributed by atoms with Crippen molar-refractivity contribution < 1.29 is 4.79 Å². The molecule has 1 aliphatic rings. The highest BCUT2D eigenvalue weighted by molar-refractivity contribution is 9.10. The number of benzene rings is 2. The third kappa shape index (κ3) is 5.81. The monoisotopic (exact) mass is 514 g/mol. The van der Waals surface area contributed by atoms with E-state index in [1.165, 1.54) is 0 Å². The summed E-state index contributed by atoms with van der Waals surface area (Å²) < 4.78 is 0.971. The first kappa shape index (κ1) is 23.1. The number of piperazine rings is 1. The minimum absolute atomic E-state index is 0.0484. The maximum absolute atomic E-state index is 13.2. The number of hydrogen-bond acceptors (Lipinski definition) is 3. The van der Waals surface area contributed by atoms with E-state index in [1.807, 2.05) is 54.6 Å². The Hall–Kier alpha value is -2.12. The molecule has 0 bridgehead atoms. The first-order valence-corrected chi connectivity index (χ1v) is 12.1. The van der Waals surface area contributed by atoms with Gasteiger partial charge in [0.2, 0.25) is 0 Å². The Morgan fingerprint density at radius 1 is 1.12 bits per heavy atom. The van der Waals surface area contributed by atoms with Crippen LogP contribution in [0, 0.1) is 0 Å². The summed E-state index contributed by atoms with van der Waals surface area (Å²) in [6, 6.07) is 13.6. The summed E-state index contributed by atoms with van der Waals surface area (Å²) >= 11 is 9.51. The summed E-state index contributed by atoms with van der Waals surface area (Å²) in [5.41, 5.74) is 3.42. The highest BCUT2D eigenvalue weighted by atomic mass is 79.9. The second kappa shape index (κ2) is 10.7. The molecule has 1 saturated heterocycles. The van der Waals surface area contributed by atoms with Crippen molar-refractivity contribution in [1.29, 1.82) is 0 Å². The molecule has 1 amide bonds. The van der Waals surface area contributed by atoms with Crippen LogP contribution in [0.1, 0.15) is 28.0 Å². The number of aromatic nitrogens is 1. The van der Waals surface area contributed by atoms with Crippen molar-refractivity contribution in [3.8, 4) is 0 Å². The number of fused-ring (bicyclic) bond motifs is 1. The normalized spacial score (nSPS) is 15.6. The number of amides is 1. The van der Waals surface area contributed by atoms with Gasteiger partial charge in [0.15, 0.2) is 0 Å². The van der Waals surface area contributed by atoms with E-state index in [4.69, 9.17) is 11.6 Å². The summed E-state index contributed by atoms with van der Waals surface area (Å²) in [5, 5.41) is 4.75. The zero-order valence-corrected chi connectivity index (χ0v) is 20.5. The highest BCUT2D eigenvalue weighted by Gasteiger charge is 2.18. The lowest BCUT2D eigenvalue weighted by Crippen LogP contribution is -2.45. The van der Waals surface area contributed by atoms with Crippen LogP contribution in [-0.4, -0.2) is 67.0 Å². The standard InChI is InChI=1S/C25H28BrClN4O/c1-30-13-15-31(16-14-30)12-2-11-28-25(32)24-21-9-6-19(26)17-23(21)29-22(24)10-5-18-3-7-20(27)8-4-18/h3-10,17,29H,2,11-16H2,1H3,(H,28,32)/b10-5+. The van der Waals surface area contributed by atoms with Gasteiger partial charge in [-0.3, -0.25) is 4.79 Å². The minimum atomic E-state index is -0.0484. The number of rotatable bonds is 7. The van der Waals surface area contributed by atoms with Crippen LogP contribution in [0.2, 0.25) is 5.02 Å². The molecule has 1 fully saturated rings. The summed E-state index contributed by atoms with van der Waals surface area (Å²) in [5.74, 6) is -0.0484. The fourth-order valence-corrected chi connectivity index (χ4v) is 4.47. The molecule has 32 heavy (non-hydrogen) atoms. The fourth-order valence-electron chi connectivity index (χ4n) is 3.98. The minimum Gasteiger partial charge on any atom is -0.354 e. The molecule has 2 N–H and O–H groups in total. The lowest BCUT2D eigenvalue weighted by atomic mass is 10.1. The van der Waals surface area contributed by atoms with E-state index in [-0.39, 0.29) is 5.91 Å². The number of nitrogens with zero attached hydrogens (tertiary/aromatic N) is 2. The van der Waals surface area contributed by atoms with E-state index in [0.717, 1.165) is 65.8 Å². The van der Waals surface area contributed by atoms with Gasteiger partial charge in [0.25, 0.3) is 5.91 Å². The first-order chi connectivity index (χ1) is 15.5. The average Bonchev–Trinajstić information content (AvgIpc) is 3.15. The van der Waals surface area contributed by atoms with E-state index < -0.39 is 0 Å². The molecule has 5 nitrogen and oxygen atoms in total. The number of carbonyl (C=O) groups excluding carboxylic acids is 1. The maximum atomic E-state index is 13.2. The Kier molecular flexibility index (Phi) is 7.68. The molecule has 7 heteroatoms. The second-order valence-corrected chi connectivity index (χ2v) is 9.59. The van der Waals surface area contributed by atoms with Crippen LogP contribution in [0.4, 0.5) is 0 Å². The lowest BCUT2D eigenvalue weighted by Gasteiger charge is -2.32. The zero-order valence-electron chi connectivity index (χ0n) is 18.2. The van der Waals surface area contributed by atoms with Gasteiger partial charge in [-0.25, -0.2) is 0 Å². The largest absolute Gasteiger partial charge is 0.354 e. The van der Waals surface area contributed by atoms with Gasteiger partial charge in [0.1, 0.15) is 0 Å². The summed E-state index contributed by atoms with van der Waals surface area (Å²) in [7, 11) is 2.16. The van der Waals surface area contributed by atoms with Crippen LogP contribution in [0.15, 0.2) is 46.9 Å². The van der Waals surface area contributed by atoms with Crippen LogP contribution >= 0.6 is 27.5 Å². The summed E-state index contributed by atoms with van der Waals surface area (Å²) in [6.07, 6.45) is 4.88. The van der Waals surface area contributed by atoms with Crippen molar-refractivity contribution in [3.05, 3.63) is 68.8 Å². The average molecular weight is 516 g/mol. The number of hydrogen-bond donors (Lipinski definition) is 2. The first-order valence-electron chi connectivity index (χ1n) is 10.9. The van der Waals surface area contributed by atoms with Gasteiger partial charge in [0.05, 0.1) is 11.3 Å². The van der Waals surface area contributed by atoms with Crippen molar-refractivity contribution in [2.75, 3.05) is 46.3 Å². The number of halogens is 2. The van der Waals surface area contributed by atoms with Crippen molar-refractivity contribution in [2.45, 2.75) is 6.42 Å². The van der Waals surface area contributed by atoms with Gasteiger partial charge in [-0.1, -0.05) is 51.8 Å². The molecule has 4 rings (SSSR count). The van der Waals surface area contributed by atoms with Crippen molar-refractivity contribution >= 4 is 56.5 Å². The molecule has 0 aliphatic carbocycles. The Morgan fingerprint density at radius 3 is 2.62 bits per heavy atom. The van der Waals surface area contributed by atoms with Gasteiger partial charge in [0, 0.05) is 53.1 Å². The van der Waals surface area contributed by atoms with E-state index in [9.17, 15) is 4.79 Å². The van der Waals surface area contributed by atoms with E-state index >= 15 is 0 Å². The third-order valence-electron chi connectivity index (χ3n) is 5.86. The predicted octanol–water partition coefficient (Wildman–Crippen LogP) is 5.12. The molecule has 1 aromatic heterocycles. The highest BCUT2D eigenvalue weighted by Crippen LogP contribution is 2.27. The summed E-state index contributed by atoms with van der Waals surface area (Å²) in [6.45, 7) is 6.09. The molecule has 3 aromatic rings. The van der Waals surface area contributed by atoms with Gasteiger partial charge in [-0.2, -0.15) is 0 Å². The molecule has 0 radical (unpaired) electrons. The Morgan fingerprint density at radius 2 is 1.88 bits per heavy atom. The van der Waals surface area contributed by atoms with Crippen LogP contribution in [0.5, 0.6) is 0 Å². The van der Waals surface area contributed by atoms with Crippen LogP contribution < -0.4 is 5.32 Å². The molecule has 2 heterocycles. The molecular formula is C25H28BrClN4O. The third-order valence-corrected chi connectivity index (χ3v) is 6.61. The topological polar surface area (TPSA) is 51.4 Å².